The van der Waals surface area contributed by atoms with Crippen LogP contribution in [0.15, 0.2) is 55.1 Å². The Balaban J connectivity index is 0.851. The molecule has 2 N–H and O–H groups in total. The lowest BCUT2D eigenvalue weighted by Crippen LogP contribution is -2.52. The molecule has 0 aliphatic carbocycles. The van der Waals surface area contributed by atoms with E-state index in [0.29, 0.717) is 113 Å². The Morgan fingerprint density at radius 1 is 0.952 bits per heavy atom. The topological polar surface area (TPSA) is 188 Å². The molecule has 4 amide bonds. The molecule has 1 aromatic carbocycles. The van der Waals surface area contributed by atoms with E-state index in [9.17, 15) is 27.6 Å². The summed E-state index contributed by atoms with van der Waals surface area (Å²) in [7, 11) is -3.73. The third kappa shape index (κ3) is 9.21. The van der Waals surface area contributed by atoms with E-state index in [4.69, 9.17) is 4.98 Å². The molecule has 328 valence electrons. The highest BCUT2D eigenvalue weighted by atomic mass is 32.2. The fourth-order valence-electron chi connectivity index (χ4n) is 9.14. The van der Waals surface area contributed by atoms with E-state index in [1.54, 1.807) is 37.5 Å². The van der Waals surface area contributed by atoms with Gasteiger partial charge in [-0.2, -0.15) is 0 Å². The number of halogens is 1. The summed E-state index contributed by atoms with van der Waals surface area (Å²) < 4.78 is 43.5. The Morgan fingerprint density at radius 3 is 2.37 bits per heavy atom. The quantitative estimate of drug-likeness (QED) is 0.175. The number of carbonyl (C=O) groups is 4. The van der Waals surface area contributed by atoms with Gasteiger partial charge in [-0.15, -0.1) is 11.3 Å². The molecule has 62 heavy (non-hydrogen) atoms. The Bertz CT molecular complexity index is 2410. The van der Waals surface area contributed by atoms with Crippen molar-refractivity contribution in [3.63, 3.8) is 0 Å². The molecule has 3 aromatic heterocycles. The first kappa shape index (κ1) is 43.3. The van der Waals surface area contributed by atoms with E-state index in [1.807, 2.05) is 28.9 Å². The Hall–Kier alpha value is -5.36. The number of likely N-dealkylation sites (tertiary alicyclic amines) is 2. The van der Waals surface area contributed by atoms with Gasteiger partial charge in [0.1, 0.15) is 12.1 Å². The van der Waals surface area contributed by atoms with Gasteiger partial charge in [0, 0.05) is 80.9 Å². The van der Waals surface area contributed by atoms with Crippen LogP contribution >= 0.6 is 11.3 Å². The van der Waals surface area contributed by atoms with Gasteiger partial charge in [0.15, 0.2) is 5.82 Å². The summed E-state index contributed by atoms with van der Waals surface area (Å²) in [6.07, 6.45) is 9.90. The third-order valence-electron chi connectivity index (χ3n) is 12.9. The van der Waals surface area contributed by atoms with Gasteiger partial charge in [-0.3, -0.25) is 29.2 Å². The lowest BCUT2D eigenvalue weighted by Gasteiger charge is -2.43. The monoisotopic (exact) mass is 885 g/mol. The molecular weight excluding hydrogens is 834 g/mol. The molecule has 4 aliphatic rings. The van der Waals surface area contributed by atoms with Gasteiger partial charge in [0.2, 0.25) is 33.7 Å². The van der Waals surface area contributed by atoms with E-state index in [0.717, 1.165) is 16.4 Å². The number of aromatic nitrogens is 4. The van der Waals surface area contributed by atoms with Crippen molar-refractivity contribution in [3.8, 4) is 21.8 Å². The van der Waals surface area contributed by atoms with Crippen molar-refractivity contribution in [1.82, 2.24) is 35.1 Å². The van der Waals surface area contributed by atoms with Gasteiger partial charge in [-0.05, 0) is 81.2 Å². The van der Waals surface area contributed by atoms with Crippen LogP contribution in [-0.4, -0.2) is 107 Å². The normalized spacial score (nSPS) is 20.2. The average Bonchev–Trinajstić information content (AvgIpc) is 3.73. The molecule has 18 heteroatoms. The number of piperidine rings is 4. The zero-order valence-corrected chi connectivity index (χ0v) is 36.6. The molecule has 4 aliphatic heterocycles. The van der Waals surface area contributed by atoms with Crippen LogP contribution in [0, 0.1) is 17.2 Å². The molecular formula is C44H52FN9O6S2. The number of amides is 4. The second kappa shape index (κ2) is 18.2. The van der Waals surface area contributed by atoms with Gasteiger partial charge in [-0.25, -0.2) is 32.7 Å². The molecule has 0 bridgehead atoms. The number of pyridine rings is 1. The molecule has 8 rings (SSSR count). The van der Waals surface area contributed by atoms with Crippen molar-refractivity contribution >= 4 is 56.5 Å². The average molecular weight is 886 g/mol. The predicted molar refractivity (Wildman–Crippen MR) is 233 cm³/mol. The van der Waals surface area contributed by atoms with Crippen molar-refractivity contribution in [3.05, 3.63) is 71.5 Å². The van der Waals surface area contributed by atoms with Crippen LogP contribution in [0.3, 0.4) is 0 Å². The number of imide groups is 1. The lowest BCUT2D eigenvalue weighted by atomic mass is 9.78. The Kier molecular flexibility index (Phi) is 12.7. The maximum Gasteiger partial charge on any atom is 0.234 e. The van der Waals surface area contributed by atoms with Crippen molar-refractivity contribution in [2.24, 2.45) is 11.3 Å². The number of anilines is 2. The Labute approximate surface area is 365 Å². The fraction of sp³-hybridized carbons (Fsp3) is 0.500. The van der Waals surface area contributed by atoms with E-state index < -0.39 is 21.3 Å². The zero-order valence-electron chi connectivity index (χ0n) is 35.0. The van der Waals surface area contributed by atoms with E-state index in [-0.39, 0.29) is 58.4 Å². The number of thiazole rings is 1. The summed E-state index contributed by atoms with van der Waals surface area (Å²) in [6.45, 7) is 7.32. The smallest absolute Gasteiger partial charge is 0.234 e. The molecule has 0 radical (unpaired) electrons. The molecule has 4 saturated heterocycles. The number of nitrogens with zero attached hydrogens (tertiary/aromatic N) is 7. The summed E-state index contributed by atoms with van der Waals surface area (Å²) in [5.41, 5.74) is 1.21. The van der Waals surface area contributed by atoms with Gasteiger partial charge < -0.3 is 14.7 Å². The summed E-state index contributed by atoms with van der Waals surface area (Å²) in [4.78, 5) is 76.4. The first-order valence-corrected chi connectivity index (χ1v) is 24.0. The van der Waals surface area contributed by atoms with Crippen LogP contribution < -0.4 is 14.9 Å². The number of hydrogen-bond donors (Lipinski definition) is 2. The summed E-state index contributed by atoms with van der Waals surface area (Å²) in [6, 6.07) is 10.1. The first-order valence-electron chi connectivity index (χ1n) is 21.5. The molecule has 0 saturated carbocycles. The minimum atomic E-state index is -3.73. The third-order valence-corrected chi connectivity index (χ3v) is 15.6. The highest BCUT2D eigenvalue weighted by Gasteiger charge is 2.43. The molecule has 0 unspecified atom stereocenters. The van der Waals surface area contributed by atoms with Crippen LogP contribution in [0.1, 0.15) is 94.0 Å². The van der Waals surface area contributed by atoms with Gasteiger partial charge >= 0.3 is 0 Å². The maximum absolute atomic E-state index is 16.1. The minimum absolute atomic E-state index is 0.0272. The number of nitrogens with one attached hydrogen (secondary N) is 2. The molecule has 0 spiro atoms. The molecule has 7 heterocycles. The number of benzene rings is 1. The van der Waals surface area contributed by atoms with Crippen LogP contribution in [0.5, 0.6) is 0 Å². The Morgan fingerprint density at radius 2 is 1.71 bits per heavy atom. The fourth-order valence-corrected chi connectivity index (χ4v) is 11.5. The first-order chi connectivity index (χ1) is 29.8. The largest absolute Gasteiger partial charge is 0.357 e. The van der Waals surface area contributed by atoms with E-state index in [2.05, 4.69) is 29.9 Å². The number of hydrogen-bond acceptors (Lipinski definition) is 12. The summed E-state index contributed by atoms with van der Waals surface area (Å²) in [5.74, 6) is -0.742. The van der Waals surface area contributed by atoms with Crippen molar-refractivity contribution in [1.29, 1.82) is 0 Å². The summed E-state index contributed by atoms with van der Waals surface area (Å²) in [5, 5.41) is 3.21. The molecule has 4 aromatic rings. The number of rotatable bonds is 11. The van der Waals surface area contributed by atoms with Crippen molar-refractivity contribution in [2.75, 3.05) is 54.6 Å². The standard InChI is InChI=1S/C44H52FN9O6S2/c1-3-25-62(59,60)51-33-6-4-5-32(37(33)45)38-39(34-11-18-46-27-48-34)61-41(50-38)28-12-21-54(22-13-28)43(58)44(2)16-23-53(24-17-44)42(57)29-14-19-52(20-15-29)35-9-7-30(26-47-35)31-8-10-36(55)49-40(31)56/h4-7,9,11,18,26-29,31,51H,3,8,10,12-17,19-25H2,1-2H3,(H,49,55,56)/t31-/m0/s1. The lowest BCUT2D eigenvalue weighted by molar-refractivity contribution is -0.149. The molecule has 1 atom stereocenters. The van der Waals surface area contributed by atoms with Gasteiger partial charge in [0.25, 0.3) is 0 Å². The number of sulfonamides is 1. The van der Waals surface area contributed by atoms with Crippen molar-refractivity contribution in [2.45, 2.75) is 83.5 Å². The van der Waals surface area contributed by atoms with Crippen molar-refractivity contribution < 1.29 is 32.0 Å². The SMILES string of the molecule is CCCS(=O)(=O)Nc1cccc(-c2nc(C3CCN(C(=O)C4(C)CCN(C(=O)C5CCN(c6ccc([C@@H]7CCC(=O)NC7=O)cn6)CC5)CC4)CC3)sc2-c2ccncn2)c1F. The summed E-state index contributed by atoms with van der Waals surface area (Å²) >= 11 is 1.43. The highest BCUT2D eigenvalue weighted by Crippen LogP contribution is 2.43. The van der Waals surface area contributed by atoms with E-state index in [1.165, 1.54) is 23.7 Å². The second-order valence-electron chi connectivity index (χ2n) is 17.1. The zero-order chi connectivity index (χ0) is 43.6. The van der Waals surface area contributed by atoms with Crippen LogP contribution in [0.25, 0.3) is 21.8 Å². The minimum Gasteiger partial charge on any atom is -0.357 e. The predicted octanol–water partition coefficient (Wildman–Crippen LogP) is 5.72. The van der Waals surface area contributed by atoms with E-state index >= 15 is 4.39 Å². The van der Waals surface area contributed by atoms with Crippen LogP contribution in [0.2, 0.25) is 0 Å². The second-order valence-corrected chi connectivity index (χ2v) is 20.0. The molecule has 15 nitrogen and oxygen atoms in total. The van der Waals surface area contributed by atoms with Crippen LogP contribution in [-0.2, 0) is 29.2 Å². The van der Waals surface area contributed by atoms with Gasteiger partial charge in [0.05, 0.1) is 38.6 Å². The highest BCUT2D eigenvalue weighted by molar-refractivity contribution is 7.92. The van der Waals surface area contributed by atoms with Crippen LogP contribution in [0.4, 0.5) is 15.9 Å². The maximum atomic E-state index is 16.1. The number of carbonyl (C=O) groups excluding carboxylic acids is 4. The van der Waals surface area contributed by atoms with Gasteiger partial charge in [-0.1, -0.05) is 26.0 Å². The molecule has 4 fully saturated rings.